The number of aliphatic hydroxyl groups excluding tert-OH is 2. The average Bonchev–Trinajstić information content (AvgIpc) is 3.30. The van der Waals surface area contributed by atoms with Crippen LogP contribution in [0.15, 0.2) is 36.5 Å². The maximum Gasteiger partial charge on any atom is 0.339 e. The van der Waals surface area contributed by atoms with E-state index in [-0.39, 0.29) is 50.0 Å². The molecule has 396 valence electrons. The standard InChI is InChI=1S/C52H82N2O16/c1-16-39-51(10,60)38(21-22-64-47(59)35-24-34-19-17-18-20-36(34)53-27-35)52(11,61)43(57)28(2)25-49(8,62-14)44(70-48-41(56)37(54(12)13)23-29(3)65-48)30(4)42(31(5)46(58)68-39)69-40-26-50(9,63-15)45(32(6)66-40)67-33(7)55/h17-20,24,27-32,37-45,48,56-57,60-61H,16,21-23,25-26H2,1-15H3/t28-,29-,30+,31-,32+,37+,38+,39-,40?,41-,42+,43?,44-,45+,48+,49-,50-,51+,52?/m1/s1. The zero-order chi connectivity index (χ0) is 52.3. The fraction of sp³-hybridized carbons (Fsp3) is 0.769. The summed E-state index contributed by atoms with van der Waals surface area (Å²) in [5.41, 5.74) is -5.70. The smallest absolute Gasteiger partial charge is 0.339 e. The van der Waals surface area contributed by atoms with E-state index in [4.69, 9.17) is 42.6 Å². The maximum atomic E-state index is 14.9. The summed E-state index contributed by atoms with van der Waals surface area (Å²) in [5.74, 6) is -5.95. The Balaban J connectivity index is 1.59. The lowest BCUT2D eigenvalue weighted by atomic mass is 9.66. The molecule has 0 amide bonds. The van der Waals surface area contributed by atoms with E-state index in [1.54, 1.807) is 47.6 Å². The summed E-state index contributed by atoms with van der Waals surface area (Å²) < 4.78 is 56.8. The van der Waals surface area contributed by atoms with Crippen molar-refractivity contribution in [2.24, 2.45) is 23.7 Å². The Kier molecular flexibility index (Phi) is 19.1. The van der Waals surface area contributed by atoms with Gasteiger partial charge < -0.3 is 68.0 Å². The van der Waals surface area contributed by atoms with Gasteiger partial charge in [-0.2, -0.15) is 0 Å². The van der Waals surface area contributed by atoms with Crippen LogP contribution >= 0.6 is 0 Å². The zero-order valence-electron chi connectivity index (χ0n) is 43.9. The molecular weight excluding hydrogens is 909 g/mol. The molecule has 0 saturated carbocycles. The summed E-state index contributed by atoms with van der Waals surface area (Å²) in [5, 5.41) is 50.4. The minimum Gasteiger partial charge on any atom is -0.462 e. The number of pyridine rings is 1. The summed E-state index contributed by atoms with van der Waals surface area (Å²) in [7, 11) is 6.73. The van der Waals surface area contributed by atoms with Gasteiger partial charge in [0, 0.05) is 57.0 Å². The molecule has 18 heteroatoms. The third kappa shape index (κ3) is 12.5. The van der Waals surface area contributed by atoms with Crippen LogP contribution in [-0.4, -0.2) is 173 Å². The van der Waals surface area contributed by atoms with Gasteiger partial charge in [0.05, 0.1) is 65.3 Å². The van der Waals surface area contributed by atoms with Crippen molar-refractivity contribution in [1.29, 1.82) is 0 Å². The largest absolute Gasteiger partial charge is 0.462 e. The number of rotatable bonds is 13. The van der Waals surface area contributed by atoms with Gasteiger partial charge in [-0.25, -0.2) is 4.79 Å². The number of nitrogens with zero attached hydrogens (tertiary/aromatic N) is 2. The summed E-state index contributed by atoms with van der Waals surface area (Å²) >= 11 is 0. The number of esters is 3. The number of aromatic nitrogens is 1. The van der Waals surface area contributed by atoms with Crippen molar-refractivity contribution in [1.82, 2.24) is 9.88 Å². The van der Waals surface area contributed by atoms with Crippen LogP contribution in [0.3, 0.4) is 0 Å². The number of fused-ring (bicyclic) bond motifs is 1. The van der Waals surface area contributed by atoms with Crippen molar-refractivity contribution >= 4 is 28.8 Å². The Morgan fingerprint density at radius 3 is 2.16 bits per heavy atom. The van der Waals surface area contributed by atoms with Crippen molar-refractivity contribution in [2.45, 2.75) is 198 Å². The fourth-order valence-electron chi connectivity index (χ4n) is 11.4. The SMILES string of the molecule is CC[C@H]1OC(=O)[C@H](C)[C@@H](OC2C[C@@](C)(OC)[C@@H](OC(C)=O)[C@H](C)O2)[C@H](C)[C@@H](O[C@@H]2O[C@H](C)C[C@H](N(C)C)[C@H]2O)[C@](C)(OC)C[C@@H](C)C(O)C(C)(O)[C@@H](CCOC(=O)c2cnc3ccccc3c2)[C@]1(C)O. The van der Waals surface area contributed by atoms with Gasteiger partial charge in [-0.1, -0.05) is 39.0 Å². The van der Waals surface area contributed by atoms with Gasteiger partial charge in [-0.15, -0.1) is 0 Å². The summed E-state index contributed by atoms with van der Waals surface area (Å²) in [6.45, 7) is 18.0. The van der Waals surface area contributed by atoms with Crippen LogP contribution in [0.25, 0.3) is 10.9 Å². The third-order valence-corrected chi connectivity index (χ3v) is 15.5. The van der Waals surface area contributed by atoms with E-state index in [2.05, 4.69) is 4.98 Å². The number of cyclic esters (lactones) is 1. The molecule has 3 aliphatic heterocycles. The molecule has 4 heterocycles. The lowest BCUT2D eigenvalue weighted by molar-refractivity contribution is -0.321. The van der Waals surface area contributed by atoms with E-state index in [0.29, 0.717) is 11.9 Å². The maximum absolute atomic E-state index is 14.9. The number of para-hydroxylation sites is 1. The molecule has 5 rings (SSSR count). The minimum absolute atomic E-state index is 0.0235. The highest BCUT2D eigenvalue weighted by atomic mass is 16.7. The highest BCUT2D eigenvalue weighted by Crippen LogP contribution is 2.45. The summed E-state index contributed by atoms with van der Waals surface area (Å²) in [6.07, 6.45) is -8.24. The molecular formula is C52H82N2O16. The van der Waals surface area contributed by atoms with Gasteiger partial charge in [0.1, 0.15) is 23.4 Å². The quantitative estimate of drug-likeness (QED) is 0.153. The Morgan fingerprint density at radius 2 is 1.54 bits per heavy atom. The number of carbonyl (C=O) groups is 3. The molecule has 0 spiro atoms. The molecule has 1 aromatic heterocycles. The average molecular weight is 991 g/mol. The molecule has 3 aliphatic rings. The van der Waals surface area contributed by atoms with Gasteiger partial charge in [-0.3, -0.25) is 14.6 Å². The molecule has 0 radical (unpaired) electrons. The van der Waals surface area contributed by atoms with Crippen molar-refractivity contribution in [2.75, 3.05) is 34.9 Å². The first kappa shape index (κ1) is 57.5. The number of likely N-dealkylation sites (N-methyl/N-ethyl adjacent to an activating group) is 1. The van der Waals surface area contributed by atoms with Crippen LogP contribution in [0.1, 0.15) is 119 Å². The number of hydrogen-bond donors (Lipinski definition) is 4. The van der Waals surface area contributed by atoms with Crippen molar-refractivity contribution < 1.29 is 77.4 Å². The molecule has 0 aliphatic carbocycles. The Bertz CT molecular complexity index is 2070. The molecule has 19 atom stereocenters. The first-order valence-corrected chi connectivity index (χ1v) is 24.7. The van der Waals surface area contributed by atoms with Crippen molar-refractivity contribution in [3.63, 3.8) is 0 Å². The molecule has 3 unspecified atom stereocenters. The summed E-state index contributed by atoms with van der Waals surface area (Å²) in [4.78, 5) is 46.8. The molecule has 3 fully saturated rings. The number of methoxy groups -OCH3 is 2. The first-order chi connectivity index (χ1) is 32.6. The number of benzene rings is 1. The second kappa shape index (κ2) is 23.2. The van der Waals surface area contributed by atoms with Crippen LogP contribution in [0.4, 0.5) is 0 Å². The van der Waals surface area contributed by atoms with Crippen LogP contribution < -0.4 is 0 Å². The predicted molar refractivity (Wildman–Crippen MR) is 257 cm³/mol. The number of carbonyl (C=O) groups excluding carboxylic acids is 3. The molecule has 70 heavy (non-hydrogen) atoms. The van der Waals surface area contributed by atoms with Gasteiger partial charge in [-0.05, 0) is 106 Å². The Hall–Kier alpha value is -3.40. The first-order valence-electron chi connectivity index (χ1n) is 24.7. The molecule has 3 saturated heterocycles. The molecule has 18 nitrogen and oxygen atoms in total. The zero-order valence-corrected chi connectivity index (χ0v) is 43.9. The number of ether oxygens (including phenoxy) is 9. The highest BCUT2D eigenvalue weighted by Gasteiger charge is 2.57. The van der Waals surface area contributed by atoms with E-state index >= 15 is 0 Å². The van der Waals surface area contributed by atoms with Crippen LogP contribution in [0.2, 0.25) is 0 Å². The topological polar surface area (TPSA) is 231 Å². The van der Waals surface area contributed by atoms with E-state index in [9.17, 15) is 34.8 Å². The predicted octanol–water partition coefficient (Wildman–Crippen LogP) is 4.97. The fourth-order valence-corrected chi connectivity index (χ4v) is 11.4. The monoisotopic (exact) mass is 991 g/mol. The second-order valence-electron chi connectivity index (χ2n) is 21.2. The highest BCUT2D eigenvalue weighted by molar-refractivity contribution is 5.93. The van der Waals surface area contributed by atoms with E-state index in [1.165, 1.54) is 41.2 Å². The molecule has 1 aromatic carbocycles. The van der Waals surface area contributed by atoms with E-state index < -0.39 is 119 Å². The van der Waals surface area contributed by atoms with Crippen LogP contribution in [0.5, 0.6) is 0 Å². The lowest BCUT2D eigenvalue weighted by Gasteiger charge is -2.52. The van der Waals surface area contributed by atoms with Crippen molar-refractivity contribution in [3.05, 3.63) is 42.1 Å². The van der Waals surface area contributed by atoms with Gasteiger partial charge in [0.25, 0.3) is 0 Å². The lowest BCUT2D eigenvalue weighted by Crippen LogP contribution is -2.64. The normalized spacial score (nSPS) is 41.4. The van der Waals surface area contributed by atoms with Gasteiger partial charge >= 0.3 is 17.9 Å². The number of hydrogen-bond acceptors (Lipinski definition) is 18. The molecule has 4 N–H and O–H groups in total. The van der Waals surface area contributed by atoms with Crippen LogP contribution in [0, 0.1) is 23.7 Å². The van der Waals surface area contributed by atoms with Crippen LogP contribution in [-0.2, 0) is 52.2 Å². The molecule has 2 aromatic rings. The minimum atomic E-state index is -2.11. The van der Waals surface area contributed by atoms with Gasteiger partial charge in [0.2, 0.25) is 0 Å². The van der Waals surface area contributed by atoms with E-state index in [1.807, 2.05) is 57.1 Å². The third-order valence-electron chi connectivity index (χ3n) is 15.5. The van der Waals surface area contributed by atoms with Crippen molar-refractivity contribution in [3.8, 4) is 0 Å². The summed E-state index contributed by atoms with van der Waals surface area (Å²) in [6, 6.07) is 8.65. The van der Waals surface area contributed by atoms with E-state index in [0.717, 1.165) is 5.39 Å². The Labute approximate surface area is 413 Å². The Morgan fingerprint density at radius 1 is 0.900 bits per heavy atom. The van der Waals surface area contributed by atoms with Gasteiger partial charge in [0.15, 0.2) is 18.7 Å². The second-order valence-corrected chi connectivity index (χ2v) is 21.2. The molecule has 0 bridgehead atoms. The number of aliphatic hydroxyl groups is 4.